The lowest BCUT2D eigenvalue weighted by molar-refractivity contribution is 0.412. The van der Waals surface area contributed by atoms with Crippen LogP contribution in [0.1, 0.15) is 0 Å². The van der Waals surface area contributed by atoms with E-state index < -0.39 is 5.56 Å². The molecule has 0 spiro atoms. The van der Waals surface area contributed by atoms with Crippen molar-refractivity contribution in [3.8, 4) is 22.9 Å². The number of nitrogens with zero attached hydrogens (tertiary/aromatic N) is 2. The molecule has 4 aromatic rings. The standard InChI is InChI=1S/C19H14N2O4/c1-25-14-9-5-4-8-13(14)21-15(22)10-20-16-17(21)19(24)12-7-3-2-6-11(12)18(16)23/h2-10,23-24H,1H3. The molecule has 3 aromatic carbocycles. The van der Waals surface area contributed by atoms with E-state index in [1.807, 2.05) is 0 Å². The third-order valence-electron chi connectivity index (χ3n) is 4.18. The molecule has 6 nitrogen and oxygen atoms in total. The predicted molar refractivity (Wildman–Crippen MR) is 94.7 cm³/mol. The van der Waals surface area contributed by atoms with Gasteiger partial charge in [0.15, 0.2) is 5.75 Å². The molecule has 25 heavy (non-hydrogen) atoms. The summed E-state index contributed by atoms with van der Waals surface area (Å²) < 4.78 is 6.63. The Bertz CT molecular complexity index is 1180. The first-order chi connectivity index (χ1) is 12.1. The summed E-state index contributed by atoms with van der Waals surface area (Å²) in [4.78, 5) is 16.6. The van der Waals surface area contributed by atoms with Crippen molar-refractivity contribution >= 4 is 21.8 Å². The highest BCUT2D eigenvalue weighted by Gasteiger charge is 2.20. The quantitative estimate of drug-likeness (QED) is 0.435. The van der Waals surface area contributed by atoms with E-state index in [2.05, 4.69) is 4.98 Å². The first-order valence-electron chi connectivity index (χ1n) is 7.61. The highest BCUT2D eigenvalue weighted by molar-refractivity contribution is 6.08. The Morgan fingerprint density at radius 2 is 1.60 bits per heavy atom. The van der Waals surface area contributed by atoms with Gasteiger partial charge in [-0.1, -0.05) is 36.4 Å². The van der Waals surface area contributed by atoms with E-state index in [4.69, 9.17) is 4.74 Å². The number of fused-ring (bicyclic) bond motifs is 2. The number of phenolic OH excluding ortho intramolecular Hbond substituents is 2. The second-order valence-electron chi connectivity index (χ2n) is 5.54. The summed E-state index contributed by atoms with van der Waals surface area (Å²) in [5, 5.41) is 22.3. The molecule has 0 aliphatic carbocycles. The van der Waals surface area contributed by atoms with Gasteiger partial charge < -0.3 is 14.9 Å². The monoisotopic (exact) mass is 334 g/mol. The maximum Gasteiger partial charge on any atom is 0.274 e. The van der Waals surface area contributed by atoms with E-state index in [1.165, 1.54) is 11.7 Å². The molecule has 4 rings (SSSR count). The van der Waals surface area contributed by atoms with Crippen molar-refractivity contribution < 1.29 is 14.9 Å². The van der Waals surface area contributed by atoms with E-state index in [0.29, 0.717) is 22.2 Å². The zero-order valence-corrected chi connectivity index (χ0v) is 13.3. The van der Waals surface area contributed by atoms with Crippen LogP contribution in [0.2, 0.25) is 0 Å². The molecule has 2 N–H and O–H groups in total. The van der Waals surface area contributed by atoms with Gasteiger partial charge in [0.25, 0.3) is 5.56 Å². The number of hydrogen-bond acceptors (Lipinski definition) is 5. The Balaban J connectivity index is 2.26. The van der Waals surface area contributed by atoms with Crippen molar-refractivity contribution in [3.05, 3.63) is 65.1 Å². The molecule has 0 aliphatic heterocycles. The first kappa shape index (κ1) is 15.0. The number of rotatable bonds is 2. The van der Waals surface area contributed by atoms with Gasteiger partial charge in [-0.2, -0.15) is 0 Å². The molecule has 0 unspecified atom stereocenters. The largest absolute Gasteiger partial charge is 0.505 e. The number of methoxy groups -OCH3 is 1. The van der Waals surface area contributed by atoms with Crippen LogP contribution in [0.4, 0.5) is 0 Å². The molecule has 0 aliphatic rings. The molecule has 1 heterocycles. The lowest BCUT2D eigenvalue weighted by atomic mass is 10.1. The van der Waals surface area contributed by atoms with Crippen LogP contribution in [-0.4, -0.2) is 26.9 Å². The minimum absolute atomic E-state index is 0.0907. The molecule has 6 heteroatoms. The van der Waals surface area contributed by atoms with Crippen LogP contribution in [0, 0.1) is 0 Å². The molecule has 0 radical (unpaired) electrons. The summed E-state index contributed by atoms with van der Waals surface area (Å²) >= 11 is 0. The molecule has 0 saturated carbocycles. The van der Waals surface area contributed by atoms with Gasteiger partial charge in [-0.3, -0.25) is 9.36 Å². The van der Waals surface area contributed by atoms with Crippen LogP contribution in [0.3, 0.4) is 0 Å². The maximum absolute atomic E-state index is 12.6. The zero-order valence-electron chi connectivity index (χ0n) is 13.3. The smallest absolute Gasteiger partial charge is 0.274 e. The van der Waals surface area contributed by atoms with Crippen molar-refractivity contribution in [1.29, 1.82) is 0 Å². The van der Waals surface area contributed by atoms with E-state index in [0.717, 1.165) is 6.20 Å². The number of ether oxygens (including phenoxy) is 1. The topological polar surface area (TPSA) is 84.6 Å². The minimum atomic E-state index is -0.443. The molecule has 124 valence electrons. The van der Waals surface area contributed by atoms with Gasteiger partial charge in [0.1, 0.15) is 22.5 Å². The Kier molecular flexibility index (Phi) is 3.32. The maximum atomic E-state index is 12.6. The Morgan fingerprint density at radius 3 is 2.32 bits per heavy atom. The van der Waals surface area contributed by atoms with Crippen LogP contribution in [0.15, 0.2) is 59.5 Å². The number of aromatic hydroxyl groups is 2. The third kappa shape index (κ3) is 2.11. The van der Waals surface area contributed by atoms with E-state index in [1.54, 1.807) is 48.5 Å². The average Bonchev–Trinajstić information content (AvgIpc) is 2.66. The Labute approximate surface area is 142 Å². The summed E-state index contributed by atoms with van der Waals surface area (Å²) in [6.07, 6.45) is 1.11. The molecule has 1 aromatic heterocycles. The Morgan fingerprint density at radius 1 is 0.960 bits per heavy atom. The van der Waals surface area contributed by atoms with Crippen LogP contribution in [0.25, 0.3) is 27.5 Å². The van der Waals surface area contributed by atoms with Gasteiger partial charge in [0, 0.05) is 10.8 Å². The van der Waals surface area contributed by atoms with Gasteiger partial charge in [0.2, 0.25) is 0 Å². The number of aromatic nitrogens is 2. The fourth-order valence-corrected chi connectivity index (χ4v) is 3.05. The van der Waals surface area contributed by atoms with E-state index >= 15 is 0 Å². The summed E-state index contributed by atoms with van der Waals surface area (Å²) in [5.74, 6) is 0.246. The van der Waals surface area contributed by atoms with Crippen molar-refractivity contribution in [1.82, 2.24) is 9.55 Å². The second-order valence-corrected chi connectivity index (χ2v) is 5.54. The molecular weight excluding hydrogens is 320 g/mol. The van der Waals surface area contributed by atoms with E-state index in [9.17, 15) is 15.0 Å². The van der Waals surface area contributed by atoms with Gasteiger partial charge in [-0.05, 0) is 12.1 Å². The third-order valence-corrected chi connectivity index (χ3v) is 4.18. The number of hydrogen-bond donors (Lipinski definition) is 2. The second kappa shape index (κ2) is 5.52. The minimum Gasteiger partial charge on any atom is -0.505 e. The van der Waals surface area contributed by atoms with Crippen molar-refractivity contribution in [2.24, 2.45) is 0 Å². The van der Waals surface area contributed by atoms with Gasteiger partial charge >= 0.3 is 0 Å². The molecule has 0 fully saturated rings. The summed E-state index contributed by atoms with van der Waals surface area (Å²) in [6, 6.07) is 13.8. The van der Waals surface area contributed by atoms with Crippen molar-refractivity contribution in [3.63, 3.8) is 0 Å². The average molecular weight is 334 g/mol. The van der Waals surface area contributed by atoms with Gasteiger partial charge in [-0.25, -0.2) is 4.98 Å². The summed E-state index contributed by atoms with van der Waals surface area (Å²) in [6.45, 7) is 0. The fourth-order valence-electron chi connectivity index (χ4n) is 3.05. The van der Waals surface area contributed by atoms with E-state index in [-0.39, 0.29) is 22.5 Å². The SMILES string of the molecule is COc1ccccc1-n1c(=O)cnc2c(O)c3ccccc3c(O)c21. The lowest BCUT2D eigenvalue weighted by Crippen LogP contribution is -2.19. The number of para-hydroxylation sites is 2. The van der Waals surface area contributed by atoms with Crippen molar-refractivity contribution in [2.45, 2.75) is 0 Å². The van der Waals surface area contributed by atoms with Crippen LogP contribution < -0.4 is 10.3 Å². The number of benzene rings is 3. The summed E-state index contributed by atoms with van der Waals surface area (Å²) in [5.41, 5.74) is 0.282. The van der Waals surface area contributed by atoms with Crippen LogP contribution in [0.5, 0.6) is 17.2 Å². The first-order valence-corrected chi connectivity index (χ1v) is 7.61. The highest BCUT2D eigenvalue weighted by atomic mass is 16.5. The summed E-state index contributed by atoms with van der Waals surface area (Å²) in [7, 11) is 1.50. The van der Waals surface area contributed by atoms with Crippen molar-refractivity contribution in [2.75, 3.05) is 7.11 Å². The van der Waals surface area contributed by atoms with Crippen LogP contribution in [-0.2, 0) is 0 Å². The van der Waals surface area contributed by atoms with Gasteiger partial charge in [-0.15, -0.1) is 0 Å². The fraction of sp³-hybridized carbons (Fsp3) is 0.0526. The number of phenols is 2. The molecule has 0 saturated heterocycles. The molecule has 0 atom stereocenters. The predicted octanol–water partition coefficient (Wildman–Crippen LogP) is 2.96. The van der Waals surface area contributed by atoms with Gasteiger partial charge in [0.05, 0.1) is 19.0 Å². The molecule has 0 amide bonds. The lowest BCUT2D eigenvalue weighted by Gasteiger charge is -2.16. The van der Waals surface area contributed by atoms with Crippen LogP contribution >= 0.6 is 0 Å². The highest BCUT2D eigenvalue weighted by Crippen LogP contribution is 2.40. The Hall–Kier alpha value is -3.54. The molecule has 0 bridgehead atoms. The molecular formula is C19H14N2O4. The zero-order chi connectivity index (χ0) is 17.6. The normalized spacial score (nSPS) is 11.1.